The summed E-state index contributed by atoms with van der Waals surface area (Å²) in [4.78, 5) is 0. The van der Waals surface area contributed by atoms with Crippen LogP contribution in [0.1, 0.15) is 0 Å². The summed E-state index contributed by atoms with van der Waals surface area (Å²) in [5.41, 5.74) is 1.54. The van der Waals surface area contributed by atoms with Gasteiger partial charge in [0.1, 0.15) is 5.82 Å². The Bertz CT molecular complexity index is 846. The van der Waals surface area contributed by atoms with Gasteiger partial charge >= 0.3 is 0 Å². The third-order valence-electron chi connectivity index (χ3n) is 3.22. The lowest BCUT2D eigenvalue weighted by molar-refractivity contribution is 0.628. The van der Waals surface area contributed by atoms with E-state index in [9.17, 15) is 4.39 Å². The van der Waals surface area contributed by atoms with Gasteiger partial charge in [0, 0.05) is 16.8 Å². The van der Waals surface area contributed by atoms with Gasteiger partial charge in [-0.3, -0.25) is 0 Å². The summed E-state index contributed by atoms with van der Waals surface area (Å²) in [6.07, 6.45) is 0. The highest BCUT2D eigenvalue weighted by molar-refractivity contribution is 7.80. The van der Waals surface area contributed by atoms with Gasteiger partial charge in [-0.2, -0.15) is 0 Å². The molecule has 3 rings (SSSR count). The molecule has 110 valence electrons. The third-order valence-corrected chi connectivity index (χ3v) is 3.71. The summed E-state index contributed by atoms with van der Waals surface area (Å²) in [6.45, 7) is 0. The lowest BCUT2D eigenvalue weighted by Gasteiger charge is -2.13. The number of nitrogens with one attached hydrogen (secondary N) is 2. The van der Waals surface area contributed by atoms with E-state index >= 15 is 0 Å². The molecule has 0 atom stereocenters. The summed E-state index contributed by atoms with van der Waals surface area (Å²) in [5, 5.41) is 8.81. The Morgan fingerprint density at radius 1 is 0.955 bits per heavy atom. The van der Waals surface area contributed by atoms with Crippen molar-refractivity contribution in [2.24, 2.45) is 0 Å². The van der Waals surface area contributed by atoms with Crippen molar-refractivity contribution in [3.63, 3.8) is 0 Å². The molecular weight excluding hydrogens is 319 g/mol. The predicted molar refractivity (Wildman–Crippen MR) is 95.2 cm³/mol. The summed E-state index contributed by atoms with van der Waals surface area (Å²) in [6, 6.07) is 18.4. The number of hydrogen-bond donors (Lipinski definition) is 2. The summed E-state index contributed by atoms with van der Waals surface area (Å²) >= 11 is 11.1. The zero-order chi connectivity index (χ0) is 15.5. The zero-order valence-corrected chi connectivity index (χ0v) is 13.0. The van der Waals surface area contributed by atoms with E-state index in [1.54, 1.807) is 6.07 Å². The first kappa shape index (κ1) is 14.8. The van der Waals surface area contributed by atoms with Crippen LogP contribution >= 0.6 is 23.8 Å². The highest BCUT2D eigenvalue weighted by Gasteiger charge is 2.05. The van der Waals surface area contributed by atoms with Crippen molar-refractivity contribution >= 4 is 51.1 Å². The number of halogens is 2. The first-order chi connectivity index (χ1) is 10.6. The first-order valence-corrected chi connectivity index (χ1v) is 7.43. The molecule has 0 fully saturated rings. The van der Waals surface area contributed by atoms with Gasteiger partial charge in [-0.05, 0) is 41.9 Å². The Hall–Kier alpha value is -2.17. The normalized spacial score (nSPS) is 10.5. The van der Waals surface area contributed by atoms with Crippen LogP contribution in [0.5, 0.6) is 0 Å². The van der Waals surface area contributed by atoms with Crippen molar-refractivity contribution in [3.05, 3.63) is 71.5 Å². The molecule has 22 heavy (non-hydrogen) atoms. The molecule has 3 aromatic carbocycles. The van der Waals surface area contributed by atoms with Crippen molar-refractivity contribution in [2.45, 2.75) is 0 Å². The van der Waals surface area contributed by atoms with Crippen molar-refractivity contribution < 1.29 is 4.39 Å². The van der Waals surface area contributed by atoms with Crippen LogP contribution in [-0.4, -0.2) is 5.11 Å². The molecule has 0 saturated carbocycles. The molecule has 2 nitrogen and oxygen atoms in total. The maximum atomic E-state index is 13.1. The molecule has 0 amide bonds. The van der Waals surface area contributed by atoms with Crippen LogP contribution in [0, 0.1) is 5.82 Å². The Labute approximate surface area is 137 Å². The van der Waals surface area contributed by atoms with Crippen molar-refractivity contribution in [1.82, 2.24) is 0 Å². The van der Waals surface area contributed by atoms with Crippen LogP contribution in [0.4, 0.5) is 15.8 Å². The smallest absolute Gasteiger partial charge is 0.175 e. The SMILES string of the molecule is Fc1ccc(NC(=S)Nc2cccc3ccccc23)cc1Cl. The standard InChI is InChI=1S/C17H12ClFN2S/c18-14-10-12(8-9-15(14)19)20-17(22)21-16-7-3-5-11-4-1-2-6-13(11)16/h1-10H,(H2,20,21,22). The maximum Gasteiger partial charge on any atom is 0.175 e. The monoisotopic (exact) mass is 330 g/mol. The van der Waals surface area contributed by atoms with Crippen LogP contribution in [0.15, 0.2) is 60.7 Å². The van der Waals surface area contributed by atoms with E-state index in [4.69, 9.17) is 23.8 Å². The van der Waals surface area contributed by atoms with E-state index in [1.165, 1.54) is 12.1 Å². The summed E-state index contributed by atoms with van der Waals surface area (Å²) < 4.78 is 13.1. The molecular formula is C17H12ClFN2S. The molecule has 0 saturated heterocycles. The van der Waals surface area contributed by atoms with Crippen LogP contribution in [0.25, 0.3) is 10.8 Å². The minimum atomic E-state index is -0.458. The topological polar surface area (TPSA) is 24.1 Å². The third kappa shape index (κ3) is 3.18. The summed E-state index contributed by atoms with van der Waals surface area (Å²) in [5.74, 6) is -0.458. The Balaban J connectivity index is 1.80. The van der Waals surface area contributed by atoms with Crippen LogP contribution in [-0.2, 0) is 0 Å². The van der Waals surface area contributed by atoms with Gasteiger partial charge in [-0.1, -0.05) is 48.0 Å². The number of hydrogen-bond acceptors (Lipinski definition) is 1. The Kier molecular flexibility index (Phi) is 4.22. The molecule has 0 heterocycles. The van der Waals surface area contributed by atoms with Crippen LogP contribution in [0.2, 0.25) is 5.02 Å². The fourth-order valence-electron chi connectivity index (χ4n) is 2.19. The highest BCUT2D eigenvalue weighted by Crippen LogP contribution is 2.24. The first-order valence-electron chi connectivity index (χ1n) is 6.64. The minimum absolute atomic E-state index is 0.0537. The molecule has 0 radical (unpaired) electrons. The fourth-order valence-corrected chi connectivity index (χ4v) is 2.60. The molecule has 0 aliphatic rings. The van der Waals surface area contributed by atoms with Crippen molar-refractivity contribution in [1.29, 1.82) is 0 Å². The molecule has 0 spiro atoms. The van der Waals surface area contributed by atoms with Crippen molar-refractivity contribution in [3.8, 4) is 0 Å². The van der Waals surface area contributed by atoms with Gasteiger partial charge in [-0.25, -0.2) is 4.39 Å². The van der Waals surface area contributed by atoms with E-state index < -0.39 is 5.82 Å². The molecule has 2 N–H and O–H groups in total. The Morgan fingerprint density at radius 2 is 1.73 bits per heavy atom. The van der Waals surface area contributed by atoms with E-state index in [1.807, 2.05) is 42.5 Å². The van der Waals surface area contributed by atoms with E-state index in [-0.39, 0.29) is 5.02 Å². The number of fused-ring (bicyclic) bond motifs is 1. The molecule has 3 aromatic rings. The summed E-state index contributed by atoms with van der Waals surface area (Å²) in [7, 11) is 0. The van der Waals surface area contributed by atoms with Gasteiger partial charge < -0.3 is 10.6 Å². The maximum absolute atomic E-state index is 13.1. The number of thiocarbonyl (C=S) groups is 1. The van der Waals surface area contributed by atoms with Gasteiger partial charge in [-0.15, -0.1) is 0 Å². The lowest BCUT2D eigenvalue weighted by atomic mass is 10.1. The average Bonchev–Trinajstić information content (AvgIpc) is 2.51. The molecule has 0 unspecified atom stereocenters. The minimum Gasteiger partial charge on any atom is -0.332 e. The second-order valence-corrected chi connectivity index (χ2v) is 5.55. The number of anilines is 2. The Morgan fingerprint density at radius 3 is 2.55 bits per heavy atom. The van der Waals surface area contributed by atoms with Gasteiger partial charge in [0.2, 0.25) is 0 Å². The van der Waals surface area contributed by atoms with Gasteiger partial charge in [0.15, 0.2) is 5.11 Å². The zero-order valence-electron chi connectivity index (χ0n) is 11.4. The van der Waals surface area contributed by atoms with E-state index in [0.29, 0.717) is 10.8 Å². The van der Waals surface area contributed by atoms with Gasteiger partial charge in [0.25, 0.3) is 0 Å². The quantitative estimate of drug-likeness (QED) is 0.612. The predicted octanol–water partition coefficient (Wildman–Crippen LogP) is 5.44. The van der Waals surface area contributed by atoms with Crippen LogP contribution < -0.4 is 10.6 Å². The van der Waals surface area contributed by atoms with Gasteiger partial charge in [0.05, 0.1) is 5.02 Å². The lowest BCUT2D eigenvalue weighted by Crippen LogP contribution is -2.19. The second-order valence-electron chi connectivity index (χ2n) is 4.73. The fraction of sp³-hybridized carbons (Fsp3) is 0. The molecule has 0 bridgehead atoms. The van der Waals surface area contributed by atoms with E-state index in [2.05, 4.69) is 10.6 Å². The van der Waals surface area contributed by atoms with Crippen molar-refractivity contribution in [2.75, 3.05) is 10.6 Å². The molecule has 0 aromatic heterocycles. The van der Waals surface area contributed by atoms with E-state index in [0.717, 1.165) is 16.5 Å². The molecule has 0 aliphatic heterocycles. The molecule has 5 heteroatoms. The number of benzene rings is 3. The largest absolute Gasteiger partial charge is 0.332 e. The van der Waals surface area contributed by atoms with Crippen LogP contribution in [0.3, 0.4) is 0 Å². The second kappa shape index (κ2) is 6.30. The molecule has 0 aliphatic carbocycles. The number of rotatable bonds is 2. The highest BCUT2D eigenvalue weighted by atomic mass is 35.5. The average molecular weight is 331 g/mol.